The maximum Gasteiger partial charge on any atom is 0.255 e. The number of primary amides is 1. The Hall–Kier alpha value is -3.99. The van der Waals surface area contributed by atoms with Crippen LogP contribution in [0.15, 0.2) is 65.0 Å². The van der Waals surface area contributed by atoms with Crippen LogP contribution in [0.5, 0.6) is 5.75 Å². The summed E-state index contributed by atoms with van der Waals surface area (Å²) in [4.78, 5) is 40.8. The number of phenolic OH excluding ortho intramolecular Hbond substituents is 1. The van der Waals surface area contributed by atoms with E-state index in [-0.39, 0.29) is 11.3 Å². The first-order valence-corrected chi connectivity index (χ1v) is 12.0. The van der Waals surface area contributed by atoms with Gasteiger partial charge in [0.15, 0.2) is 11.4 Å². The lowest BCUT2D eigenvalue weighted by Crippen LogP contribution is -2.70. The average Bonchev–Trinajstić information content (AvgIpc) is 2.84. The summed E-state index contributed by atoms with van der Waals surface area (Å²) in [7, 11) is 2.91. The molecule has 0 aromatic heterocycles. The number of aliphatic hydroxyl groups excluding tert-OH is 3. The fourth-order valence-corrected chi connectivity index (χ4v) is 5.91. The lowest BCUT2D eigenvalue weighted by Gasteiger charge is -2.53. The minimum Gasteiger partial charge on any atom is -0.508 e. The summed E-state index contributed by atoms with van der Waals surface area (Å²) in [6, 6.07) is 3.03. The first-order valence-electron chi connectivity index (χ1n) is 12.0. The summed E-state index contributed by atoms with van der Waals surface area (Å²) in [6.07, 6.45) is 5.30. The molecule has 1 saturated carbocycles. The second-order valence-electron chi connectivity index (χ2n) is 9.80. The van der Waals surface area contributed by atoms with Crippen molar-refractivity contribution in [2.45, 2.75) is 31.6 Å². The van der Waals surface area contributed by atoms with Crippen molar-refractivity contribution in [3.8, 4) is 5.75 Å². The third kappa shape index (κ3) is 3.56. The highest BCUT2D eigenvalue weighted by Gasteiger charge is 2.68. The number of aromatic hydroxyl groups is 1. The maximum atomic E-state index is 14.1. The number of carbonyl (C=O) groups is 3. The third-order valence-corrected chi connectivity index (χ3v) is 7.54. The molecule has 2 unspecified atom stereocenters. The Labute approximate surface area is 219 Å². The second kappa shape index (κ2) is 9.39. The van der Waals surface area contributed by atoms with Crippen LogP contribution < -0.4 is 5.73 Å². The van der Waals surface area contributed by atoms with Crippen LogP contribution in [0.25, 0.3) is 11.3 Å². The average molecular weight is 523 g/mol. The molecule has 5 atom stereocenters. The van der Waals surface area contributed by atoms with E-state index in [0.29, 0.717) is 16.7 Å². The number of carbonyl (C=O) groups excluding carboxylic acids is 3. The van der Waals surface area contributed by atoms with Crippen LogP contribution >= 0.6 is 0 Å². The van der Waals surface area contributed by atoms with Crippen molar-refractivity contribution in [1.29, 1.82) is 0 Å². The highest BCUT2D eigenvalue weighted by atomic mass is 16.4. The number of hydrogen-bond acceptors (Lipinski definition) is 9. The van der Waals surface area contributed by atoms with Gasteiger partial charge < -0.3 is 31.3 Å². The number of nitrogens with zero attached hydrogens (tertiary/aromatic N) is 1. The number of allylic oxidation sites excluding steroid dienone is 5. The highest BCUT2D eigenvalue weighted by molar-refractivity contribution is 6.25. The van der Waals surface area contributed by atoms with Crippen molar-refractivity contribution < 1.29 is 39.9 Å². The fourth-order valence-electron chi connectivity index (χ4n) is 5.91. The molecule has 0 spiro atoms. The number of aliphatic hydroxyl groups is 4. The van der Waals surface area contributed by atoms with Crippen LogP contribution in [-0.4, -0.2) is 79.7 Å². The van der Waals surface area contributed by atoms with E-state index in [1.54, 1.807) is 50.3 Å². The van der Waals surface area contributed by atoms with Gasteiger partial charge in [0.05, 0.1) is 29.2 Å². The van der Waals surface area contributed by atoms with Crippen molar-refractivity contribution >= 4 is 28.8 Å². The Kier molecular flexibility index (Phi) is 6.69. The van der Waals surface area contributed by atoms with Gasteiger partial charge in [-0.2, -0.15) is 0 Å². The van der Waals surface area contributed by atoms with E-state index in [0.717, 1.165) is 0 Å². The highest BCUT2D eigenvalue weighted by Crippen LogP contribution is 2.56. The summed E-state index contributed by atoms with van der Waals surface area (Å²) in [5.41, 5.74) is 2.19. The number of phenols is 1. The third-order valence-electron chi connectivity index (χ3n) is 7.54. The molecule has 3 aliphatic carbocycles. The SMILES string of the molecule is C\C=C/C(/C=C1\c2cccc(O)c2C(O)=C2C(=O)[C@]3(O)C(O)=C(C(N)=O)C(=O)[C@@H](N(C)C)C3[C@@H](O)C21)=C\C. The van der Waals surface area contributed by atoms with E-state index < -0.39 is 69.7 Å². The summed E-state index contributed by atoms with van der Waals surface area (Å²) in [5, 5.41) is 56.5. The van der Waals surface area contributed by atoms with Crippen molar-refractivity contribution in [2.75, 3.05) is 14.1 Å². The molecule has 38 heavy (non-hydrogen) atoms. The fraction of sp³-hybridized carbons (Fsp3) is 0.321. The first kappa shape index (κ1) is 27.1. The van der Waals surface area contributed by atoms with Gasteiger partial charge in [0.2, 0.25) is 5.78 Å². The number of rotatable bonds is 4. The number of likely N-dealkylation sites (N-methyl/N-ethyl adjacent to an activating group) is 1. The molecule has 10 heteroatoms. The van der Waals surface area contributed by atoms with Crippen LogP contribution in [0, 0.1) is 11.8 Å². The molecule has 0 heterocycles. The summed E-state index contributed by atoms with van der Waals surface area (Å²) in [6.45, 7) is 3.59. The van der Waals surface area contributed by atoms with E-state index in [1.807, 2.05) is 0 Å². The number of hydrogen-bond donors (Lipinski definition) is 6. The zero-order chi connectivity index (χ0) is 28.3. The Morgan fingerprint density at radius 1 is 1.13 bits per heavy atom. The van der Waals surface area contributed by atoms with E-state index in [4.69, 9.17) is 5.73 Å². The lowest BCUT2D eigenvalue weighted by molar-refractivity contribution is -0.166. The van der Waals surface area contributed by atoms with Crippen LogP contribution in [0.2, 0.25) is 0 Å². The Morgan fingerprint density at radius 2 is 1.79 bits per heavy atom. The normalized spacial score (nSPS) is 30.7. The van der Waals surface area contributed by atoms with E-state index in [1.165, 1.54) is 25.1 Å². The predicted octanol–water partition coefficient (Wildman–Crippen LogP) is 1.30. The van der Waals surface area contributed by atoms with Crippen LogP contribution in [-0.2, 0) is 14.4 Å². The van der Waals surface area contributed by atoms with Crippen molar-refractivity contribution in [2.24, 2.45) is 17.6 Å². The number of fused-ring (bicyclic) bond motifs is 3. The molecule has 0 bridgehead atoms. The molecule has 4 rings (SSSR count). The Balaban J connectivity index is 2.13. The monoisotopic (exact) mass is 522 g/mol. The number of benzene rings is 1. The van der Waals surface area contributed by atoms with Gasteiger partial charge in [0.1, 0.15) is 22.8 Å². The van der Waals surface area contributed by atoms with Crippen LogP contribution in [0.1, 0.15) is 25.0 Å². The topological polar surface area (TPSA) is 182 Å². The molecule has 0 radical (unpaired) electrons. The molecule has 10 nitrogen and oxygen atoms in total. The van der Waals surface area contributed by atoms with Gasteiger partial charge in [-0.1, -0.05) is 36.4 Å². The maximum absolute atomic E-state index is 14.1. The quantitative estimate of drug-likeness (QED) is 0.251. The largest absolute Gasteiger partial charge is 0.508 e. The van der Waals surface area contributed by atoms with Gasteiger partial charge in [-0.3, -0.25) is 19.3 Å². The molecule has 200 valence electrons. The minimum atomic E-state index is -2.97. The summed E-state index contributed by atoms with van der Waals surface area (Å²) in [5.74, 6) is -8.78. The molecule has 7 N–H and O–H groups in total. The zero-order valence-electron chi connectivity index (χ0n) is 21.3. The van der Waals surface area contributed by atoms with Gasteiger partial charge in [-0.15, -0.1) is 0 Å². The van der Waals surface area contributed by atoms with E-state index >= 15 is 0 Å². The molecular formula is C28H30N2O8. The van der Waals surface area contributed by atoms with E-state index in [9.17, 15) is 39.9 Å². The number of ketones is 2. The molecular weight excluding hydrogens is 492 g/mol. The Morgan fingerprint density at radius 3 is 2.34 bits per heavy atom. The van der Waals surface area contributed by atoms with Crippen molar-refractivity contribution in [3.05, 3.63) is 76.1 Å². The van der Waals surface area contributed by atoms with Crippen molar-refractivity contribution in [3.63, 3.8) is 0 Å². The molecule has 1 fully saturated rings. The number of amides is 1. The first-order chi connectivity index (χ1) is 17.8. The predicted molar refractivity (Wildman–Crippen MR) is 138 cm³/mol. The van der Waals surface area contributed by atoms with Gasteiger partial charge in [0.25, 0.3) is 5.91 Å². The second-order valence-corrected chi connectivity index (χ2v) is 9.80. The van der Waals surface area contributed by atoms with Crippen molar-refractivity contribution in [1.82, 2.24) is 4.90 Å². The minimum absolute atomic E-state index is 0.0989. The van der Waals surface area contributed by atoms with Crippen LogP contribution in [0.3, 0.4) is 0 Å². The smallest absolute Gasteiger partial charge is 0.255 e. The summed E-state index contributed by atoms with van der Waals surface area (Å²) >= 11 is 0. The molecule has 1 amide bonds. The molecule has 1 aromatic rings. The van der Waals surface area contributed by atoms with Gasteiger partial charge in [-0.25, -0.2) is 0 Å². The summed E-state index contributed by atoms with van der Waals surface area (Å²) < 4.78 is 0. The van der Waals surface area contributed by atoms with Gasteiger partial charge in [0, 0.05) is 5.92 Å². The molecule has 1 aromatic carbocycles. The Bertz CT molecular complexity index is 1410. The van der Waals surface area contributed by atoms with E-state index in [2.05, 4.69) is 0 Å². The van der Waals surface area contributed by atoms with Gasteiger partial charge >= 0.3 is 0 Å². The lowest BCUT2D eigenvalue weighted by atomic mass is 9.55. The molecule has 0 aliphatic heterocycles. The molecule has 0 saturated heterocycles. The van der Waals surface area contributed by atoms with Gasteiger partial charge in [-0.05, 0) is 50.7 Å². The number of nitrogens with two attached hydrogens (primary N) is 1. The molecule has 3 aliphatic rings. The standard InChI is InChI=1S/C28H30N2O8/c1-5-8-12(6-2)11-14-13-9-7-10-15(31)16(13)22(32)18-17(14)23(33)20-21(30(3)4)24(34)19(27(29)37)26(36)28(20,38)25(18)35/h5-11,17,20-21,23,31-33,36,38H,1-4H3,(H2,29,37)/b8-5-,12-6+,14-11+/t17?,20?,21-,23-,28-/m0/s1. The van der Waals surface area contributed by atoms with Crippen LogP contribution in [0.4, 0.5) is 0 Å². The zero-order valence-corrected chi connectivity index (χ0v) is 21.3. The number of Topliss-reactive ketones (excluding diaryl/α,β-unsaturated/α-hetero) is 2.